The number of piperazine rings is 1. The molecule has 0 spiro atoms. The first-order chi connectivity index (χ1) is 13.0. The fourth-order valence-corrected chi connectivity index (χ4v) is 4.57. The van der Waals surface area contributed by atoms with E-state index in [1.165, 1.54) is 17.4 Å². The van der Waals surface area contributed by atoms with E-state index in [-0.39, 0.29) is 16.0 Å². The van der Waals surface area contributed by atoms with Crippen molar-refractivity contribution in [1.82, 2.24) is 20.6 Å². The van der Waals surface area contributed by atoms with Crippen molar-refractivity contribution in [1.29, 1.82) is 0 Å². The van der Waals surface area contributed by atoms with Crippen molar-refractivity contribution >= 4 is 34.3 Å². The fraction of sp³-hybridized carbons (Fsp3) is 0.421. The van der Waals surface area contributed by atoms with Gasteiger partial charge in [-0.15, -0.1) is 0 Å². The zero-order chi connectivity index (χ0) is 18.9. The fourth-order valence-electron chi connectivity index (χ4n) is 3.43. The van der Waals surface area contributed by atoms with Crippen LogP contribution in [-0.4, -0.2) is 46.9 Å². The normalized spacial score (nSPS) is 21.8. The van der Waals surface area contributed by atoms with Crippen molar-refractivity contribution in [2.45, 2.75) is 24.6 Å². The van der Waals surface area contributed by atoms with E-state index in [2.05, 4.69) is 43.0 Å². The van der Waals surface area contributed by atoms with Crippen LogP contribution in [-0.2, 0) is 0 Å². The Hall–Kier alpha value is -2.32. The molecule has 2 aliphatic rings. The molecule has 27 heavy (non-hydrogen) atoms. The molecule has 1 aromatic heterocycles. The lowest BCUT2D eigenvalue weighted by Crippen LogP contribution is -2.43. The second kappa shape index (κ2) is 7.36. The van der Waals surface area contributed by atoms with E-state index >= 15 is 0 Å². The average Bonchev–Trinajstić information content (AvgIpc) is 2.95. The highest BCUT2D eigenvalue weighted by Crippen LogP contribution is 2.43. The highest BCUT2D eigenvalue weighted by molar-refractivity contribution is 8.14. The maximum atomic E-state index is 11.8. The van der Waals surface area contributed by atoms with Gasteiger partial charge in [0.1, 0.15) is 0 Å². The molecule has 2 saturated heterocycles. The second-order valence-corrected chi connectivity index (χ2v) is 8.42. The number of amides is 1. The number of aromatic nitrogens is 2. The number of hydrogen-bond acceptors (Lipinski definition) is 7. The highest BCUT2D eigenvalue weighted by Gasteiger charge is 2.42. The molecule has 3 heterocycles. The molecule has 1 amide bonds. The predicted octanol–water partition coefficient (Wildman–Crippen LogP) is 2.91. The SMILES string of the molecule is CC1(C)NC(=O)SC1c1ccnc(Nc2ccc(N3CCNCC3)cc2)n1. The van der Waals surface area contributed by atoms with E-state index in [0.29, 0.717) is 5.95 Å². The highest BCUT2D eigenvalue weighted by atomic mass is 32.2. The summed E-state index contributed by atoms with van der Waals surface area (Å²) in [6.07, 6.45) is 1.74. The number of anilines is 3. The first kappa shape index (κ1) is 18.1. The van der Waals surface area contributed by atoms with Gasteiger partial charge in [-0.3, -0.25) is 4.79 Å². The zero-order valence-corrected chi connectivity index (χ0v) is 16.3. The van der Waals surface area contributed by atoms with Gasteiger partial charge in [-0.05, 0) is 44.2 Å². The van der Waals surface area contributed by atoms with E-state index in [1.807, 2.05) is 32.0 Å². The first-order valence-electron chi connectivity index (χ1n) is 9.16. The van der Waals surface area contributed by atoms with Crippen LogP contribution in [0, 0.1) is 0 Å². The topological polar surface area (TPSA) is 82.2 Å². The molecule has 7 nitrogen and oxygen atoms in total. The maximum Gasteiger partial charge on any atom is 0.280 e. The molecule has 2 aliphatic heterocycles. The third kappa shape index (κ3) is 4.01. The Morgan fingerprint density at radius 1 is 1.19 bits per heavy atom. The van der Waals surface area contributed by atoms with Crippen molar-refractivity contribution in [2.75, 3.05) is 36.4 Å². The van der Waals surface area contributed by atoms with E-state index in [9.17, 15) is 4.79 Å². The zero-order valence-electron chi connectivity index (χ0n) is 15.5. The number of benzene rings is 1. The van der Waals surface area contributed by atoms with Crippen LogP contribution in [0.15, 0.2) is 36.5 Å². The summed E-state index contributed by atoms with van der Waals surface area (Å²) in [7, 11) is 0. The first-order valence-corrected chi connectivity index (χ1v) is 10.0. The minimum atomic E-state index is -0.335. The summed E-state index contributed by atoms with van der Waals surface area (Å²) in [5, 5.41) is 9.57. The number of rotatable bonds is 4. The molecule has 142 valence electrons. The van der Waals surface area contributed by atoms with Crippen LogP contribution in [0.25, 0.3) is 0 Å². The van der Waals surface area contributed by atoms with Crippen LogP contribution in [0.4, 0.5) is 22.1 Å². The smallest absolute Gasteiger partial charge is 0.280 e. The third-order valence-electron chi connectivity index (χ3n) is 4.86. The van der Waals surface area contributed by atoms with Gasteiger partial charge in [0.15, 0.2) is 0 Å². The van der Waals surface area contributed by atoms with Gasteiger partial charge in [-0.1, -0.05) is 11.8 Å². The van der Waals surface area contributed by atoms with E-state index in [1.54, 1.807) is 6.20 Å². The maximum absolute atomic E-state index is 11.8. The number of nitrogens with one attached hydrogen (secondary N) is 3. The molecule has 2 fully saturated rings. The molecule has 3 N–H and O–H groups in total. The summed E-state index contributed by atoms with van der Waals surface area (Å²) >= 11 is 1.28. The summed E-state index contributed by atoms with van der Waals surface area (Å²) < 4.78 is 0. The van der Waals surface area contributed by atoms with Gasteiger partial charge in [0.25, 0.3) is 5.24 Å². The molecule has 1 atom stereocenters. The minimum Gasteiger partial charge on any atom is -0.369 e. The van der Waals surface area contributed by atoms with Gasteiger partial charge in [0, 0.05) is 43.8 Å². The Kier molecular flexibility index (Phi) is 4.92. The van der Waals surface area contributed by atoms with Crippen LogP contribution in [0.2, 0.25) is 0 Å². The number of nitrogens with zero attached hydrogens (tertiary/aromatic N) is 3. The van der Waals surface area contributed by atoms with E-state index < -0.39 is 0 Å². The summed E-state index contributed by atoms with van der Waals surface area (Å²) in [5.41, 5.74) is 2.68. The Balaban J connectivity index is 1.47. The standard InChI is InChI=1S/C19H24N6OS/c1-19(2)16(27-18(26)24-19)15-7-8-21-17(23-15)22-13-3-5-14(6-4-13)25-11-9-20-10-12-25/h3-8,16,20H,9-12H2,1-2H3,(H,24,26)(H,21,22,23). The third-order valence-corrected chi connectivity index (χ3v) is 6.24. The average molecular weight is 385 g/mol. The molecule has 0 saturated carbocycles. The molecule has 0 bridgehead atoms. The van der Waals surface area contributed by atoms with E-state index in [4.69, 9.17) is 0 Å². The Labute approximate surface area is 163 Å². The lowest BCUT2D eigenvalue weighted by atomic mass is 9.98. The predicted molar refractivity (Wildman–Crippen MR) is 110 cm³/mol. The molecule has 2 aromatic rings. The summed E-state index contributed by atoms with van der Waals surface area (Å²) in [5.74, 6) is 0.540. The van der Waals surface area contributed by atoms with Gasteiger partial charge in [-0.2, -0.15) is 0 Å². The second-order valence-electron chi connectivity index (χ2n) is 7.35. The number of hydrogen-bond donors (Lipinski definition) is 3. The minimum absolute atomic E-state index is 0.0124. The van der Waals surface area contributed by atoms with Crippen molar-refractivity contribution < 1.29 is 4.79 Å². The Bertz CT molecular complexity index is 819. The summed E-state index contributed by atoms with van der Waals surface area (Å²) in [6.45, 7) is 8.12. The molecule has 1 unspecified atom stereocenters. The van der Waals surface area contributed by atoms with Crippen molar-refractivity contribution in [3.63, 3.8) is 0 Å². The molecular weight excluding hydrogens is 360 g/mol. The number of thioether (sulfide) groups is 1. The van der Waals surface area contributed by atoms with Gasteiger partial charge in [0.05, 0.1) is 16.5 Å². The van der Waals surface area contributed by atoms with Crippen molar-refractivity contribution in [3.05, 3.63) is 42.2 Å². The summed E-state index contributed by atoms with van der Waals surface area (Å²) in [4.78, 5) is 23.1. The van der Waals surface area contributed by atoms with Crippen molar-refractivity contribution in [3.8, 4) is 0 Å². The van der Waals surface area contributed by atoms with Gasteiger partial charge in [-0.25, -0.2) is 9.97 Å². The monoisotopic (exact) mass is 384 g/mol. The number of carbonyl (C=O) groups excluding carboxylic acids is 1. The number of carbonyl (C=O) groups is 1. The molecule has 0 aliphatic carbocycles. The molecular formula is C19H24N6OS. The van der Waals surface area contributed by atoms with Crippen LogP contribution < -0.4 is 20.9 Å². The quantitative estimate of drug-likeness (QED) is 0.748. The van der Waals surface area contributed by atoms with Crippen LogP contribution in [0.3, 0.4) is 0 Å². The molecule has 4 rings (SSSR count). The Morgan fingerprint density at radius 2 is 1.93 bits per heavy atom. The van der Waals surface area contributed by atoms with Crippen LogP contribution in [0.5, 0.6) is 0 Å². The lowest BCUT2D eigenvalue weighted by Gasteiger charge is -2.29. The molecule has 8 heteroatoms. The summed E-state index contributed by atoms with van der Waals surface area (Å²) in [6, 6.07) is 10.2. The largest absolute Gasteiger partial charge is 0.369 e. The molecule has 0 radical (unpaired) electrons. The van der Waals surface area contributed by atoms with Crippen molar-refractivity contribution in [2.24, 2.45) is 0 Å². The Morgan fingerprint density at radius 3 is 2.59 bits per heavy atom. The van der Waals surface area contributed by atoms with Gasteiger partial charge < -0.3 is 20.9 Å². The van der Waals surface area contributed by atoms with Crippen LogP contribution >= 0.6 is 11.8 Å². The molecule has 1 aromatic carbocycles. The van der Waals surface area contributed by atoms with Gasteiger partial charge >= 0.3 is 0 Å². The van der Waals surface area contributed by atoms with Gasteiger partial charge in [0.2, 0.25) is 5.95 Å². The van der Waals surface area contributed by atoms with E-state index in [0.717, 1.165) is 37.6 Å². The lowest BCUT2D eigenvalue weighted by molar-refractivity contribution is 0.254. The van der Waals surface area contributed by atoms with Crippen LogP contribution in [0.1, 0.15) is 24.8 Å².